The van der Waals surface area contributed by atoms with E-state index in [0.29, 0.717) is 5.57 Å². The number of methoxy groups -OCH3 is 2. The lowest BCUT2D eigenvalue weighted by molar-refractivity contribution is -0.298. The molecule has 31 heavy (non-hydrogen) atoms. The molecule has 0 aliphatic carbocycles. The lowest BCUT2D eigenvalue weighted by Crippen LogP contribution is -2.59. The third-order valence-corrected chi connectivity index (χ3v) is 4.70. The smallest absolute Gasteiger partial charge is 0.338 e. The number of phenolic OH excluding ortho intramolecular Hbond substituents is 1. The zero-order valence-corrected chi connectivity index (χ0v) is 17.4. The maximum atomic E-state index is 12.4. The Morgan fingerprint density at radius 2 is 1.71 bits per heavy atom. The zero-order valence-electron chi connectivity index (χ0n) is 17.4. The molecule has 1 saturated heterocycles. The quantitative estimate of drug-likeness (QED) is 0.242. The summed E-state index contributed by atoms with van der Waals surface area (Å²) >= 11 is 0. The van der Waals surface area contributed by atoms with Crippen LogP contribution in [0.4, 0.5) is 0 Å². The molecule has 2 rings (SSSR count). The first kappa shape index (κ1) is 24.9. The van der Waals surface area contributed by atoms with Crippen molar-refractivity contribution in [3.05, 3.63) is 29.3 Å². The third-order valence-electron chi connectivity index (χ3n) is 4.70. The predicted octanol–water partition coefficient (Wildman–Crippen LogP) is -0.671. The molecule has 5 N–H and O–H groups in total. The fourth-order valence-electron chi connectivity index (χ4n) is 2.79. The molecule has 11 nitrogen and oxygen atoms in total. The number of hydrogen-bond donors (Lipinski definition) is 5. The van der Waals surface area contributed by atoms with Crippen LogP contribution in [0.3, 0.4) is 0 Å². The van der Waals surface area contributed by atoms with Gasteiger partial charge in [0.15, 0.2) is 17.8 Å². The molecule has 0 radical (unpaired) electrons. The summed E-state index contributed by atoms with van der Waals surface area (Å²) < 4.78 is 25.9. The van der Waals surface area contributed by atoms with Gasteiger partial charge in [0, 0.05) is 0 Å². The Morgan fingerprint density at radius 3 is 2.26 bits per heavy atom. The van der Waals surface area contributed by atoms with Crippen LogP contribution < -0.4 is 9.47 Å². The molecule has 11 heteroatoms. The van der Waals surface area contributed by atoms with Crippen LogP contribution in [0.15, 0.2) is 23.8 Å². The maximum Gasteiger partial charge on any atom is 0.338 e. The van der Waals surface area contributed by atoms with E-state index in [-0.39, 0.29) is 36.0 Å². The van der Waals surface area contributed by atoms with Crippen LogP contribution in [0.25, 0.3) is 0 Å². The van der Waals surface area contributed by atoms with E-state index in [0.717, 1.165) is 0 Å². The minimum Gasteiger partial charge on any atom is -0.502 e. The zero-order chi connectivity index (χ0) is 23.1. The molecule has 0 bridgehead atoms. The summed E-state index contributed by atoms with van der Waals surface area (Å²) in [5.41, 5.74) is 0.644. The van der Waals surface area contributed by atoms with E-state index in [9.17, 15) is 25.2 Å². The van der Waals surface area contributed by atoms with Crippen molar-refractivity contribution >= 4 is 5.97 Å². The van der Waals surface area contributed by atoms with Crippen molar-refractivity contribution in [2.75, 3.05) is 34.0 Å². The van der Waals surface area contributed by atoms with Gasteiger partial charge in [0.25, 0.3) is 0 Å². The molecule has 1 aliphatic rings. The van der Waals surface area contributed by atoms with Crippen molar-refractivity contribution in [2.45, 2.75) is 37.6 Å². The van der Waals surface area contributed by atoms with Crippen LogP contribution >= 0.6 is 0 Å². The lowest BCUT2D eigenvalue weighted by Gasteiger charge is -2.39. The van der Waals surface area contributed by atoms with Gasteiger partial charge < -0.3 is 49.2 Å². The Balaban J connectivity index is 2.05. The van der Waals surface area contributed by atoms with E-state index >= 15 is 0 Å². The molecule has 0 spiro atoms. The Kier molecular flexibility index (Phi) is 9.04. The first-order valence-electron chi connectivity index (χ1n) is 9.43. The second-order valence-electron chi connectivity index (χ2n) is 6.88. The number of phenols is 1. The predicted molar refractivity (Wildman–Crippen MR) is 105 cm³/mol. The average Bonchev–Trinajstić information content (AvgIpc) is 2.77. The highest BCUT2D eigenvalue weighted by Crippen LogP contribution is 2.37. The number of esters is 1. The minimum absolute atomic E-state index is 0.00140. The topological polar surface area (TPSA) is 164 Å². The monoisotopic (exact) mass is 444 g/mol. The van der Waals surface area contributed by atoms with Crippen LogP contribution in [0.1, 0.15) is 17.3 Å². The number of carbonyl (C=O) groups excluding carboxylic acids is 1. The summed E-state index contributed by atoms with van der Waals surface area (Å²) in [6.07, 6.45) is -5.58. The van der Waals surface area contributed by atoms with Gasteiger partial charge in [0.05, 0.1) is 33.0 Å². The van der Waals surface area contributed by atoms with Gasteiger partial charge >= 0.3 is 5.97 Å². The van der Waals surface area contributed by atoms with Crippen molar-refractivity contribution in [1.82, 2.24) is 0 Å². The lowest BCUT2D eigenvalue weighted by atomic mass is 9.99. The fourth-order valence-corrected chi connectivity index (χ4v) is 2.79. The van der Waals surface area contributed by atoms with Crippen LogP contribution in [-0.2, 0) is 14.2 Å². The standard InChI is InChI=1S/C20H28O11/c1-10(8-21)4-5-29-20-18(25)17(24)16(23)14(31-20)9-30-19(26)11-6-12(27-2)15(22)13(7-11)28-3/h4,6-7,14,16-18,20-25H,5,8-9H2,1-3H3/b10-4+/t14-,16-,17+,18-,20-/m1/s1. The summed E-state index contributed by atoms with van der Waals surface area (Å²) in [5.74, 6) is -1.11. The van der Waals surface area contributed by atoms with E-state index in [2.05, 4.69) is 0 Å². The second-order valence-corrected chi connectivity index (χ2v) is 6.88. The SMILES string of the molecule is COc1cc(C(=O)OC[C@H]2O[C@@H](OC/C=C(\C)CO)[C@H](O)[C@@H](O)[C@@H]2O)cc(OC)c1O. The van der Waals surface area contributed by atoms with E-state index in [1.807, 2.05) is 0 Å². The molecule has 0 aromatic heterocycles. The second kappa shape index (κ2) is 11.3. The van der Waals surface area contributed by atoms with Gasteiger partial charge in [-0.3, -0.25) is 0 Å². The number of rotatable bonds is 9. The molecule has 1 heterocycles. The van der Waals surface area contributed by atoms with Gasteiger partial charge in [0.1, 0.15) is 31.0 Å². The van der Waals surface area contributed by atoms with Gasteiger partial charge in [-0.2, -0.15) is 0 Å². The summed E-state index contributed by atoms with van der Waals surface area (Å²) in [5, 5.41) is 49.2. The van der Waals surface area contributed by atoms with Crippen LogP contribution in [0, 0.1) is 0 Å². The number of ether oxygens (including phenoxy) is 5. The van der Waals surface area contributed by atoms with Crippen LogP contribution in [0.5, 0.6) is 17.2 Å². The van der Waals surface area contributed by atoms with Crippen LogP contribution in [0.2, 0.25) is 0 Å². The van der Waals surface area contributed by atoms with Gasteiger partial charge in [0.2, 0.25) is 5.75 Å². The summed E-state index contributed by atoms with van der Waals surface area (Å²) in [4.78, 5) is 12.4. The normalized spacial score (nSPS) is 26.4. The summed E-state index contributed by atoms with van der Waals surface area (Å²) in [6, 6.07) is 2.50. The van der Waals surface area contributed by atoms with E-state index in [1.54, 1.807) is 13.0 Å². The molecule has 0 unspecified atom stereocenters. The molecule has 1 aromatic carbocycles. The molecular weight excluding hydrogens is 416 g/mol. The maximum absolute atomic E-state index is 12.4. The molecule has 1 fully saturated rings. The van der Waals surface area contributed by atoms with Crippen molar-refractivity contribution in [3.63, 3.8) is 0 Å². The van der Waals surface area contributed by atoms with E-state index in [4.69, 9.17) is 28.8 Å². The Bertz CT molecular complexity index is 753. The highest BCUT2D eigenvalue weighted by molar-refractivity contribution is 5.91. The summed E-state index contributed by atoms with van der Waals surface area (Å²) in [7, 11) is 2.61. The van der Waals surface area contributed by atoms with Gasteiger partial charge in [-0.1, -0.05) is 6.08 Å². The molecule has 1 aromatic rings. The van der Waals surface area contributed by atoms with Crippen molar-refractivity contribution in [3.8, 4) is 17.2 Å². The number of aromatic hydroxyl groups is 1. The Morgan fingerprint density at radius 1 is 1.10 bits per heavy atom. The summed E-state index contributed by atoms with van der Waals surface area (Å²) in [6.45, 7) is 1.04. The average molecular weight is 444 g/mol. The number of aliphatic hydroxyl groups is 4. The van der Waals surface area contributed by atoms with E-state index in [1.165, 1.54) is 26.4 Å². The largest absolute Gasteiger partial charge is 0.502 e. The molecule has 1 aliphatic heterocycles. The highest BCUT2D eigenvalue weighted by atomic mass is 16.7. The van der Waals surface area contributed by atoms with Gasteiger partial charge in [-0.15, -0.1) is 0 Å². The Hall–Kier alpha value is -2.41. The molecule has 174 valence electrons. The van der Waals surface area contributed by atoms with E-state index < -0.39 is 43.3 Å². The highest BCUT2D eigenvalue weighted by Gasteiger charge is 2.44. The number of benzene rings is 1. The molecular formula is C20H28O11. The van der Waals surface area contributed by atoms with Crippen LogP contribution in [-0.4, -0.2) is 96.2 Å². The molecule has 0 saturated carbocycles. The first-order valence-corrected chi connectivity index (χ1v) is 9.43. The van der Waals surface area contributed by atoms with Crippen molar-refractivity contribution in [1.29, 1.82) is 0 Å². The number of hydrogen-bond acceptors (Lipinski definition) is 11. The number of aliphatic hydroxyl groups excluding tert-OH is 4. The minimum atomic E-state index is -1.60. The van der Waals surface area contributed by atoms with Gasteiger partial charge in [-0.05, 0) is 24.6 Å². The fraction of sp³-hybridized carbons (Fsp3) is 0.550. The van der Waals surface area contributed by atoms with Crippen molar-refractivity contribution in [2.24, 2.45) is 0 Å². The number of carbonyl (C=O) groups is 1. The van der Waals surface area contributed by atoms with Gasteiger partial charge in [-0.25, -0.2) is 4.79 Å². The first-order chi connectivity index (χ1) is 14.7. The van der Waals surface area contributed by atoms with Crippen molar-refractivity contribution < 1.29 is 54.0 Å². The Labute approximate surface area is 179 Å². The molecule has 0 amide bonds. The third kappa shape index (κ3) is 6.06. The molecule has 5 atom stereocenters.